The number of para-hydroxylation sites is 1. The molecule has 3 aliphatic rings. The fraction of sp³-hybridized carbons (Fsp3) is 0.520. The second-order valence-electron chi connectivity index (χ2n) is 9.56. The van der Waals surface area contributed by atoms with Gasteiger partial charge < -0.3 is 14.7 Å². The lowest BCUT2D eigenvalue weighted by molar-refractivity contribution is -0.136. The van der Waals surface area contributed by atoms with E-state index < -0.39 is 0 Å². The highest BCUT2D eigenvalue weighted by atomic mass is 32.1. The van der Waals surface area contributed by atoms with Crippen LogP contribution in [-0.2, 0) is 17.6 Å². The van der Waals surface area contributed by atoms with E-state index in [1.807, 2.05) is 11.0 Å². The van der Waals surface area contributed by atoms with E-state index in [-0.39, 0.29) is 17.4 Å². The van der Waals surface area contributed by atoms with Gasteiger partial charge in [0.15, 0.2) is 0 Å². The number of hydrogen-bond acceptors (Lipinski definition) is 7. The van der Waals surface area contributed by atoms with Gasteiger partial charge in [-0.15, -0.1) is 5.10 Å². The van der Waals surface area contributed by atoms with E-state index >= 15 is 0 Å². The molecule has 1 atom stereocenters. The van der Waals surface area contributed by atoms with Crippen LogP contribution in [-0.4, -0.2) is 64.7 Å². The number of piperidine rings is 1. The fourth-order valence-electron chi connectivity index (χ4n) is 5.52. The van der Waals surface area contributed by atoms with Crippen molar-refractivity contribution in [2.45, 2.75) is 38.5 Å². The van der Waals surface area contributed by atoms with Gasteiger partial charge in [-0.1, -0.05) is 29.5 Å². The molecular weight excluding hydrogens is 448 g/mol. The third kappa shape index (κ3) is 3.96. The Labute approximate surface area is 202 Å². The Balaban J connectivity index is 1.15. The highest BCUT2D eigenvalue weighted by Gasteiger charge is 2.32. The first-order valence-electron chi connectivity index (χ1n) is 12.4. The monoisotopic (exact) mass is 478 g/mol. The topological polar surface area (TPSA) is 74.0 Å². The number of carbonyl (C=O) groups excluding carboxylic acids is 1. The van der Waals surface area contributed by atoms with Crippen LogP contribution in [0.1, 0.15) is 36.9 Å². The number of aromatic nitrogens is 3. The first-order valence-corrected chi connectivity index (χ1v) is 13.2. The molecule has 6 rings (SSSR count). The molecule has 1 amide bonds. The Bertz CT molecular complexity index is 1250. The molecule has 2 saturated heterocycles. The Morgan fingerprint density at radius 2 is 1.74 bits per heavy atom. The van der Waals surface area contributed by atoms with Crippen LogP contribution in [0.2, 0.25) is 0 Å². The fourth-order valence-corrected chi connectivity index (χ4v) is 6.47. The van der Waals surface area contributed by atoms with Crippen molar-refractivity contribution in [2.75, 3.05) is 49.1 Å². The third-order valence-corrected chi connectivity index (χ3v) is 8.39. The lowest BCUT2D eigenvalue weighted by Crippen LogP contribution is -2.52. The maximum Gasteiger partial charge on any atom is 0.278 e. The van der Waals surface area contributed by atoms with Crippen LogP contribution < -0.4 is 15.4 Å². The maximum absolute atomic E-state index is 13.4. The molecule has 0 bridgehead atoms. The SMILES string of the molecule is O=C([C@@H]1CCCN(c2nn3c(=O)c4c(nc3s2)CCCC4)C1)N1CCN(c2ccccc2)CC1. The average molecular weight is 479 g/mol. The highest BCUT2D eigenvalue weighted by molar-refractivity contribution is 7.20. The maximum atomic E-state index is 13.4. The van der Waals surface area contributed by atoms with Gasteiger partial charge in [-0.05, 0) is 50.7 Å². The molecule has 178 valence electrons. The van der Waals surface area contributed by atoms with Crippen LogP contribution in [0.5, 0.6) is 0 Å². The number of aryl methyl sites for hydroxylation is 1. The van der Waals surface area contributed by atoms with Crippen molar-refractivity contribution in [3.63, 3.8) is 0 Å². The molecule has 9 heteroatoms. The number of nitrogens with zero attached hydrogens (tertiary/aromatic N) is 6. The molecule has 0 unspecified atom stereocenters. The van der Waals surface area contributed by atoms with Gasteiger partial charge in [0.1, 0.15) is 0 Å². The van der Waals surface area contributed by atoms with Gasteiger partial charge in [0.25, 0.3) is 5.56 Å². The quantitative estimate of drug-likeness (QED) is 0.576. The highest BCUT2D eigenvalue weighted by Crippen LogP contribution is 2.29. The van der Waals surface area contributed by atoms with Crippen LogP contribution in [0.4, 0.5) is 10.8 Å². The van der Waals surface area contributed by atoms with Gasteiger partial charge >= 0.3 is 0 Å². The molecule has 0 saturated carbocycles. The number of anilines is 2. The van der Waals surface area contributed by atoms with Crippen LogP contribution >= 0.6 is 11.3 Å². The smallest absolute Gasteiger partial charge is 0.278 e. The van der Waals surface area contributed by atoms with E-state index in [0.717, 1.165) is 87.6 Å². The Kier molecular flexibility index (Phi) is 5.72. The van der Waals surface area contributed by atoms with Crippen LogP contribution in [0, 0.1) is 5.92 Å². The van der Waals surface area contributed by atoms with Crippen molar-refractivity contribution in [2.24, 2.45) is 5.92 Å². The number of piperazine rings is 1. The summed E-state index contributed by atoms with van der Waals surface area (Å²) in [6.07, 6.45) is 5.68. The van der Waals surface area contributed by atoms with E-state index in [4.69, 9.17) is 4.98 Å². The molecule has 0 radical (unpaired) electrons. The largest absolute Gasteiger partial charge is 0.368 e. The molecule has 4 heterocycles. The minimum absolute atomic E-state index is 0.0110. The predicted octanol–water partition coefficient (Wildman–Crippen LogP) is 2.60. The van der Waals surface area contributed by atoms with Gasteiger partial charge in [0.05, 0.1) is 11.6 Å². The summed E-state index contributed by atoms with van der Waals surface area (Å²) < 4.78 is 1.48. The van der Waals surface area contributed by atoms with Crippen molar-refractivity contribution < 1.29 is 4.79 Å². The molecule has 1 aromatic carbocycles. The second-order valence-corrected chi connectivity index (χ2v) is 10.5. The molecular formula is C25H30N6O2S. The third-order valence-electron chi connectivity index (χ3n) is 7.42. The summed E-state index contributed by atoms with van der Waals surface area (Å²) in [7, 11) is 0. The predicted molar refractivity (Wildman–Crippen MR) is 134 cm³/mol. The van der Waals surface area contributed by atoms with Crippen molar-refractivity contribution in [1.29, 1.82) is 0 Å². The number of rotatable bonds is 3. The number of amides is 1. The summed E-state index contributed by atoms with van der Waals surface area (Å²) >= 11 is 1.47. The summed E-state index contributed by atoms with van der Waals surface area (Å²) in [5.41, 5.74) is 3.00. The summed E-state index contributed by atoms with van der Waals surface area (Å²) in [4.78, 5) is 38.3. The van der Waals surface area contributed by atoms with Gasteiger partial charge in [0.2, 0.25) is 16.0 Å². The van der Waals surface area contributed by atoms with E-state index in [1.165, 1.54) is 21.5 Å². The van der Waals surface area contributed by atoms with Crippen molar-refractivity contribution in [3.8, 4) is 0 Å². The standard InChI is InChI=1S/C25H30N6O2S/c32-22(29-15-13-28(14-16-29)19-8-2-1-3-9-19)18-7-6-12-30(17-18)25-27-31-23(33)20-10-4-5-11-21(20)26-24(31)34-25/h1-3,8-9,18H,4-7,10-17H2/t18-/m1/s1. The number of fused-ring (bicyclic) bond motifs is 2. The van der Waals surface area contributed by atoms with Crippen molar-refractivity contribution >= 4 is 33.0 Å². The van der Waals surface area contributed by atoms with Crippen LogP contribution in [0.15, 0.2) is 35.1 Å². The molecule has 2 aromatic heterocycles. The zero-order valence-electron chi connectivity index (χ0n) is 19.4. The van der Waals surface area contributed by atoms with Crippen LogP contribution in [0.25, 0.3) is 4.96 Å². The van der Waals surface area contributed by atoms with E-state index in [2.05, 4.69) is 39.2 Å². The summed E-state index contributed by atoms with van der Waals surface area (Å²) in [5.74, 6) is 0.228. The molecule has 3 aromatic rings. The van der Waals surface area contributed by atoms with E-state index in [9.17, 15) is 9.59 Å². The zero-order chi connectivity index (χ0) is 23.1. The molecule has 0 spiro atoms. The number of hydrogen-bond donors (Lipinski definition) is 0. The van der Waals surface area contributed by atoms with Gasteiger partial charge in [-0.2, -0.15) is 4.52 Å². The van der Waals surface area contributed by atoms with Crippen molar-refractivity contribution in [1.82, 2.24) is 19.5 Å². The molecule has 1 aliphatic carbocycles. The van der Waals surface area contributed by atoms with Crippen molar-refractivity contribution in [3.05, 3.63) is 51.9 Å². The summed E-state index contributed by atoms with van der Waals surface area (Å²) in [6.45, 7) is 4.77. The molecule has 0 N–H and O–H groups in total. The minimum Gasteiger partial charge on any atom is -0.368 e. The Hall–Kier alpha value is -2.94. The zero-order valence-corrected chi connectivity index (χ0v) is 20.2. The Morgan fingerprint density at radius 1 is 0.941 bits per heavy atom. The molecule has 2 aliphatic heterocycles. The van der Waals surface area contributed by atoms with E-state index in [1.54, 1.807) is 0 Å². The summed E-state index contributed by atoms with van der Waals surface area (Å²) in [6, 6.07) is 10.4. The minimum atomic E-state index is -0.0260. The number of benzene rings is 1. The summed E-state index contributed by atoms with van der Waals surface area (Å²) in [5, 5.41) is 5.45. The first kappa shape index (κ1) is 21.6. The van der Waals surface area contributed by atoms with E-state index in [0.29, 0.717) is 11.5 Å². The normalized spacial score (nSPS) is 21.1. The average Bonchev–Trinajstić information content (AvgIpc) is 3.34. The molecule has 8 nitrogen and oxygen atoms in total. The Morgan fingerprint density at radius 3 is 2.56 bits per heavy atom. The lowest BCUT2D eigenvalue weighted by atomic mass is 9.96. The van der Waals surface area contributed by atoms with Crippen LogP contribution in [0.3, 0.4) is 0 Å². The molecule has 34 heavy (non-hydrogen) atoms. The van der Waals surface area contributed by atoms with Gasteiger partial charge in [-0.3, -0.25) is 9.59 Å². The van der Waals surface area contributed by atoms with Gasteiger partial charge in [0, 0.05) is 50.5 Å². The second kappa shape index (κ2) is 9.02. The van der Waals surface area contributed by atoms with Gasteiger partial charge in [-0.25, -0.2) is 4.98 Å². The lowest BCUT2D eigenvalue weighted by Gasteiger charge is -2.39. The number of carbonyl (C=O) groups is 1. The first-order chi connectivity index (χ1) is 16.7. The molecule has 2 fully saturated rings.